The van der Waals surface area contributed by atoms with E-state index in [1.54, 1.807) is 0 Å². The van der Waals surface area contributed by atoms with Crippen LogP contribution in [0, 0.1) is 0 Å². The van der Waals surface area contributed by atoms with Crippen LogP contribution in [-0.4, -0.2) is 43.7 Å². The molecule has 0 fully saturated rings. The van der Waals surface area contributed by atoms with Gasteiger partial charge in [-0.3, -0.25) is 9.34 Å². The highest BCUT2D eigenvalue weighted by Gasteiger charge is 2.11. The van der Waals surface area contributed by atoms with Gasteiger partial charge in [0.25, 0.3) is 0 Å². The average Bonchev–Trinajstić information content (AvgIpc) is 1.87. The number of rotatable bonds is 5. The zero-order valence-electron chi connectivity index (χ0n) is 8.46. The van der Waals surface area contributed by atoms with Crippen LogP contribution in [0.1, 0.15) is 19.8 Å². The predicted octanol–water partition coefficient (Wildman–Crippen LogP) is 2.22. The van der Waals surface area contributed by atoms with Crippen molar-refractivity contribution in [2.75, 3.05) is 34.4 Å². The first kappa shape index (κ1) is 11.4. The number of hydrogen-bond acceptors (Lipinski definition) is 2. The maximum atomic E-state index is 2.34. The molecular formula is C8H21N2P. The van der Waals surface area contributed by atoms with Gasteiger partial charge >= 0.3 is 0 Å². The van der Waals surface area contributed by atoms with Gasteiger partial charge in [0.15, 0.2) is 0 Å². The van der Waals surface area contributed by atoms with Crippen LogP contribution in [0.15, 0.2) is 0 Å². The van der Waals surface area contributed by atoms with E-state index in [-0.39, 0.29) is 8.22 Å². The summed E-state index contributed by atoms with van der Waals surface area (Å²) in [6.07, 6.45) is 3.99. The normalized spacial score (nSPS) is 12.0. The van der Waals surface area contributed by atoms with Crippen molar-refractivity contribution in [3.8, 4) is 0 Å². The highest BCUT2D eigenvalue weighted by molar-refractivity contribution is 7.52. The van der Waals surface area contributed by atoms with Gasteiger partial charge in [0.2, 0.25) is 0 Å². The Labute approximate surface area is 72.4 Å². The molecule has 0 rings (SSSR count). The van der Waals surface area contributed by atoms with Crippen molar-refractivity contribution in [3.63, 3.8) is 0 Å². The first-order valence-corrected chi connectivity index (χ1v) is 5.64. The molecule has 2 nitrogen and oxygen atoms in total. The summed E-state index contributed by atoms with van der Waals surface area (Å²) in [4.78, 5) is 0. The highest BCUT2D eigenvalue weighted by atomic mass is 31.1. The maximum Gasteiger partial charge on any atom is 0.0384 e. The van der Waals surface area contributed by atoms with E-state index in [1.165, 1.54) is 19.0 Å². The van der Waals surface area contributed by atoms with Gasteiger partial charge < -0.3 is 0 Å². The number of hydrogen-bond donors (Lipinski definition) is 0. The third kappa shape index (κ3) is 4.73. The van der Waals surface area contributed by atoms with Gasteiger partial charge in [-0.25, -0.2) is 0 Å². The molecule has 0 aliphatic rings. The Morgan fingerprint density at radius 3 is 1.73 bits per heavy atom. The van der Waals surface area contributed by atoms with E-state index in [9.17, 15) is 0 Å². The molecule has 0 saturated heterocycles. The summed E-state index contributed by atoms with van der Waals surface area (Å²) in [5.74, 6) is 0. The third-order valence-electron chi connectivity index (χ3n) is 1.64. The molecule has 0 aliphatic carbocycles. The van der Waals surface area contributed by atoms with Gasteiger partial charge in [-0.2, -0.15) is 0 Å². The molecule has 0 N–H and O–H groups in total. The third-order valence-corrected chi connectivity index (χ3v) is 4.20. The highest BCUT2D eigenvalue weighted by Crippen LogP contribution is 2.40. The van der Waals surface area contributed by atoms with Crippen LogP contribution < -0.4 is 0 Å². The molecule has 0 bridgehead atoms. The van der Waals surface area contributed by atoms with Crippen molar-refractivity contribution in [1.29, 1.82) is 0 Å². The smallest absolute Gasteiger partial charge is 0.0384 e. The Bertz CT molecular complexity index is 86.1. The molecule has 0 aliphatic heterocycles. The summed E-state index contributed by atoms with van der Waals surface area (Å²) in [5.41, 5.74) is 0. The Morgan fingerprint density at radius 2 is 1.45 bits per heavy atom. The maximum absolute atomic E-state index is 2.34. The fourth-order valence-electron chi connectivity index (χ4n) is 1.06. The second kappa shape index (κ2) is 5.93. The number of unbranched alkanes of at least 4 members (excludes halogenated alkanes) is 1. The molecule has 0 aromatic carbocycles. The average molecular weight is 176 g/mol. The molecule has 0 heterocycles. The summed E-state index contributed by atoms with van der Waals surface area (Å²) >= 11 is 0. The molecule has 0 amide bonds. The van der Waals surface area contributed by atoms with Crippen molar-refractivity contribution in [3.05, 3.63) is 0 Å². The van der Waals surface area contributed by atoms with E-state index < -0.39 is 0 Å². The molecule has 68 valence electrons. The van der Waals surface area contributed by atoms with Gasteiger partial charge in [-0.1, -0.05) is 13.3 Å². The van der Waals surface area contributed by atoms with Gasteiger partial charge in [0.05, 0.1) is 0 Å². The molecule has 0 unspecified atom stereocenters. The molecule has 0 radical (unpaired) electrons. The second-order valence-electron chi connectivity index (χ2n) is 3.14. The van der Waals surface area contributed by atoms with Crippen LogP contribution in [0.5, 0.6) is 0 Å². The van der Waals surface area contributed by atoms with Gasteiger partial charge in [-0.15, -0.1) is 0 Å². The summed E-state index contributed by atoms with van der Waals surface area (Å²) in [6.45, 7) is 2.25. The van der Waals surface area contributed by atoms with Crippen LogP contribution in [0.2, 0.25) is 0 Å². The molecule has 0 spiro atoms. The zero-order chi connectivity index (χ0) is 8.85. The molecule has 3 heteroatoms. The SMILES string of the molecule is CCCCP(N(C)C)N(C)C. The standard InChI is InChI=1S/C8H21N2P/c1-6-7-8-11(9(2)3)10(4)5/h6-8H2,1-5H3. The minimum absolute atomic E-state index is 0.0179. The lowest BCUT2D eigenvalue weighted by Gasteiger charge is -2.29. The lowest BCUT2D eigenvalue weighted by Crippen LogP contribution is -2.18. The van der Waals surface area contributed by atoms with Crippen LogP contribution in [0.25, 0.3) is 0 Å². The van der Waals surface area contributed by atoms with Crippen molar-refractivity contribution < 1.29 is 0 Å². The Kier molecular flexibility index (Phi) is 6.12. The molecule has 0 aromatic heterocycles. The van der Waals surface area contributed by atoms with E-state index in [0.717, 1.165) is 0 Å². The van der Waals surface area contributed by atoms with E-state index >= 15 is 0 Å². The quantitative estimate of drug-likeness (QED) is 0.593. The first-order valence-electron chi connectivity index (χ1n) is 4.21. The topological polar surface area (TPSA) is 6.48 Å². The fourth-order valence-corrected chi connectivity index (χ4v) is 3.17. The van der Waals surface area contributed by atoms with Crippen molar-refractivity contribution >= 4 is 8.22 Å². The van der Waals surface area contributed by atoms with Crippen LogP contribution in [-0.2, 0) is 0 Å². The first-order chi connectivity index (χ1) is 5.09. The minimum atomic E-state index is -0.0179. The predicted molar refractivity (Wildman–Crippen MR) is 54.1 cm³/mol. The van der Waals surface area contributed by atoms with Gasteiger partial charge in [0, 0.05) is 8.22 Å². The van der Waals surface area contributed by atoms with E-state index in [0.29, 0.717) is 0 Å². The Morgan fingerprint density at radius 1 is 1.00 bits per heavy atom. The second-order valence-corrected chi connectivity index (χ2v) is 5.94. The summed E-state index contributed by atoms with van der Waals surface area (Å²) in [5, 5.41) is 0. The molecule has 0 aromatic rings. The lowest BCUT2D eigenvalue weighted by molar-refractivity contribution is 0.569. The largest absolute Gasteiger partial charge is 0.276 e. The summed E-state index contributed by atoms with van der Waals surface area (Å²) < 4.78 is 4.68. The molecule has 0 atom stereocenters. The van der Waals surface area contributed by atoms with Crippen LogP contribution in [0.3, 0.4) is 0 Å². The van der Waals surface area contributed by atoms with E-state index in [1.807, 2.05) is 0 Å². The van der Waals surface area contributed by atoms with Crippen molar-refractivity contribution in [2.24, 2.45) is 0 Å². The van der Waals surface area contributed by atoms with Crippen molar-refractivity contribution in [1.82, 2.24) is 9.34 Å². The van der Waals surface area contributed by atoms with E-state index in [2.05, 4.69) is 44.5 Å². The van der Waals surface area contributed by atoms with Gasteiger partial charge in [-0.05, 0) is 40.8 Å². The number of nitrogens with zero attached hydrogens (tertiary/aromatic N) is 2. The molecular weight excluding hydrogens is 155 g/mol. The Balaban J connectivity index is 3.70. The molecule has 0 saturated carbocycles. The zero-order valence-corrected chi connectivity index (χ0v) is 9.36. The van der Waals surface area contributed by atoms with Crippen molar-refractivity contribution in [2.45, 2.75) is 19.8 Å². The lowest BCUT2D eigenvalue weighted by atomic mass is 10.4. The van der Waals surface area contributed by atoms with Crippen LogP contribution in [0.4, 0.5) is 0 Å². The summed E-state index contributed by atoms with van der Waals surface area (Å²) in [6, 6.07) is 0. The van der Waals surface area contributed by atoms with E-state index in [4.69, 9.17) is 0 Å². The summed E-state index contributed by atoms with van der Waals surface area (Å²) in [7, 11) is 8.65. The minimum Gasteiger partial charge on any atom is -0.276 e. The van der Waals surface area contributed by atoms with Crippen LogP contribution >= 0.6 is 8.22 Å². The fraction of sp³-hybridized carbons (Fsp3) is 1.00. The Hall–Kier alpha value is 0.350. The van der Waals surface area contributed by atoms with Gasteiger partial charge in [0.1, 0.15) is 0 Å². The molecule has 11 heavy (non-hydrogen) atoms. The monoisotopic (exact) mass is 176 g/mol.